The highest BCUT2D eigenvalue weighted by Crippen LogP contribution is 2.22. The quantitative estimate of drug-likeness (QED) is 0.884. The minimum Gasteiger partial charge on any atom is -0.468 e. The Balaban J connectivity index is 1.57. The molecule has 1 saturated heterocycles. The summed E-state index contributed by atoms with van der Waals surface area (Å²) in [5, 5.41) is 3.52. The standard InChI is InChI=1S/C15H24N2O2/c1-15(2)11-17(6-8-19-15)10-12-5-7-18-14(12)9-16-13-3-4-13/h5,7,13,16H,3-4,6,8-11H2,1-2H3. The minimum atomic E-state index is -0.0333. The Morgan fingerprint density at radius 1 is 1.42 bits per heavy atom. The predicted molar refractivity (Wildman–Crippen MR) is 73.9 cm³/mol. The summed E-state index contributed by atoms with van der Waals surface area (Å²) in [7, 11) is 0. The fourth-order valence-corrected chi connectivity index (χ4v) is 2.68. The molecule has 1 aliphatic carbocycles. The molecular formula is C15H24N2O2. The van der Waals surface area contributed by atoms with Gasteiger partial charge in [-0.25, -0.2) is 0 Å². The molecule has 2 fully saturated rings. The lowest BCUT2D eigenvalue weighted by atomic mass is 10.1. The molecule has 0 aromatic carbocycles. The zero-order chi connectivity index (χ0) is 13.3. The second-order valence-electron chi connectivity index (χ2n) is 6.34. The van der Waals surface area contributed by atoms with Crippen LogP contribution in [0.2, 0.25) is 0 Å². The van der Waals surface area contributed by atoms with E-state index in [9.17, 15) is 0 Å². The zero-order valence-corrected chi connectivity index (χ0v) is 11.9. The second kappa shape index (κ2) is 5.27. The number of ether oxygens (including phenoxy) is 1. The summed E-state index contributed by atoms with van der Waals surface area (Å²) >= 11 is 0. The van der Waals surface area contributed by atoms with Gasteiger partial charge >= 0.3 is 0 Å². The van der Waals surface area contributed by atoms with Crippen LogP contribution >= 0.6 is 0 Å². The van der Waals surface area contributed by atoms with Crippen LogP contribution in [0.1, 0.15) is 38.0 Å². The van der Waals surface area contributed by atoms with Gasteiger partial charge in [-0.3, -0.25) is 4.90 Å². The van der Waals surface area contributed by atoms with Gasteiger partial charge in [0.1, 0.15) is 5.76 Å². The van der Waals surface area contributed by atoms with Gasteiger partial charge in [-0.2, -0.15) is 0 Å². The summed E-state index contributed by atoms with van der Waals surface area (Å²) in [5.41, 5.74) is 1.28. The zero-order valence-electron chi connectivity index (χ0n) is 11.9. The summed E-state index contributed by atoms with van der Waals surface area (Å²) < 4.78 is 11.4. The molecule has 0 atom stereocenters. The van der Waals surface area contributed by atoms with Gasteiger partial charge < -0.3 is 14.5 Å². The third kappa shape index (κ3) is 3.59. The highest BCUT2D eigenvalue weighted by atomic mass is 16.5. The van der Waals surface area contributed by atoms with Gasteiger partial charge in [-0.15, -0.1) is 0 Å². The summed E-state index contributed by atoms with van der Waals surface area (Å²) in [6.45, 7) is 8.94. The van der Waals surface area contributed by atoms with Gasteiger partial charge in [0, 0.05) is 31.2 Å². The molecule has 4 nitrogen and oxygen atoms in total. The normalized spacial score (nSPS) is 23.7. The first-order chi connectivity index (χ1) is 9.12. The van der Waals surface area contributed by atoms with Crippen molar-refractivity contribution >= 4 is 0 Å². The molecule has 19 heavy (non-hydrogen) atoms. The Bertz CT molecular complexity index is 424. The van der Waals surface area contributed by atoms with E-state index in [-0.39, 0.29) is 5.60 Å². The van der Waals surface area contributed by atoms with Crippen molar-refractivity contribution in [3.8, 4) is 0 Å². The number of nitrogens with zero attached hydrogens (tertiary/aromatic N) is 1. The first kappa shape index (κ1) is 13.2. The van der Waals surface area contributed by atoms with Crippen molar-refractivity contribution < 1.29 is 9.15 Å². The molecule has 2 aliphatic rings. The summed E-state index contributed by atoms with van der Waals surface area (Å²) in [4.78, 5) is 2.45. The highest BCUT2D eigenvalue weighted by molar-refractivity contribution is 5.17. The maximum Gasteiger partial charge on any atom is 0.122 e. The average molecular weight is 264 g/mol. The summed E-state index contributed by atoms with van der Waals surface area (Å²) in [6, 6.07) is 2.83. The number of furan rings is 1. The highest BCUT2D eigenvalue weighted by Gasteiger charge is 2.28. The van der Waals surface area contributed by atoms with Crippen molar-refractivity contribution in [3.05, 3.63) is 23.7 Å². The Labute approximate surface area is 115 Å². The molecule has 1 aliphatic heterocycles. The van der Waals surface area contributed by atoms with Crippen LogP contribution in [-0.2, 0) is 17.8 Å². The van der Waals surface area contributed by atoms with Gasteiger partial charge in [0.15, 0.2) is 0 Å². The molecule has 2 heterocycles. The van der Waals surface area contributed by atoms with Crippen molar-refractivity contribution in [3.63, 3.8) is 0 Å². The van der Waals surface area contributed by atoms with E-state index in [2.05, 4.69) is 30.1 Å². The maximum atomic E-state index is 5.75. The summed E-state index contributed by atoms with van der Waals surface area (Å²) in [6.07, 6.45) is 4.44. The largest absolute Gasteiger partial charge is 0.468 e. The first-order valence-electron chi connectivity index (χ1n) is 7.27. The van der Waals surface area contributed by atoms with E-state index < -0.39 is 0 Å². The van der Waals surface area contributed by atoms with Crippen LogP contribution in [-0.4, -0.2) is 36.2 Å². The average Bonchev–Trinajstić information content (AvgIpc) is 3.07. The Morgan fingerprint density at radius 2 is 2.26 bits per heavy atom. The van der Waals surface area contributed by atoms with E-state index in [1.54, 1.807) is 0 Å². The Kier molecular flexibility index (Phi) is 3.65. The van der Waals surface area contributed by atoms with Crippen molar-refractivity contribution in [2.75, 3.05) is 19.7 Å². The van der Waals surface area contributed by atoms with E-state index in [0.717, 1.165) is 44.6 Å². The lowest BCUT2D eigenvalue weighted by molar-refractivity contribution is -0.0883. The molecule has 1 N–H and O–H groups in total. The van der Waals surface area contributed by atoms with Crippen LogP contribution < -0.4 is 5.32 Å². The molecule has 1 saturated carbocycles. The molecule has 1 aromatic rings. The van der Waals surface area contributed by atoms with Crippen molar-refractivity contribution in [1.82, 2.24) is 10.2 Å². The van der Waals surface area contributed by atoms with E-state index >= 15 is 0 Å². The topological polar surface area (TPSA) is 37.6 Å². The third-order valence-electron chi connectivity index (χ3n) is 3.86. The van der Waals surface area contributed by atoms with E-state index in [1.807, 2.05) is 6.26 Å². The lowest BCUT2D eigenvalue weighted by Gasteiger charge is -2.38. The Hall–Kier alpha value is -0.840. The van der Waals surface area contributed by atoms with E-state index in [1.165, 1.54) is 18.4 Å². The maximum absolute atomic E-state index is 5.75. The molecule has 106 valence electrons. The van der Waals surface area contributed by atoms with E-state index in [0.29, 0.717) is 0 Å². The van der Waals surface area contributed by atoms with Crippen LogP contribution in [0.5, 0.6) is 0 Å². The molecule has 0 radical (unpaired) electrons. The van der Waals surface area contributed by atoms with Gasteiger partial charge in [0.05, 0.1) is 25.0 Å². The minimum absolute atomic E-state index is 0.0333. The molecule has 4 heteroatoms. The molecule has 1 aromatic heterocycles. The SMILES string of the molecule is CC1(C)CN(Cc2ccoc2CNC2CC2)CCO1. The first-order valence-corrected chi connectivity index (χ1v) is 7.27. The molecular weight excluding hydrogens is 240 g/mol. The van der Waals surface area contributed by atoms with Gasteiger partial charge in [-0.05, 0) is 32.8 Å². The molecule has 0 unspecified atom stereocenters. The lowest BCUT2D eigenvalue weighted by Crippen LogP contribution is -2.47. The second-order valence-corrected chi connectivity index (χ2v) is 6.34. The number of hydrogen-bond acceptors (Lipinski definition) is 4. The number of morpholine rings is 1. The van der Waals surface area contributed by atoms with Crippen LogP contribution in [0.15, 0.2) is 16.7 Å². The third-order valence-corrected chi connectivity index (χ3v) is 3.86. The van der Waals surface area contributed by atoms with Crippen LogP contribution in [0, 0.1) is 0 Å². The van der Waals surface area contributed by atoms with Crippen molar-refractivity contribution in [2.45, 2.75) is 51.4 Å². The molecule has 0 spiro atoms. The Morgan fingerprint density at radius 3 is 3.00 bits per heavy atom. The van der Waals surface area contributed by atoms with Crippen LogP contribution in [0.25, 0.3) is 0 Å². The number of nitrogens with one attached hydrogen (secondary N) is 1. The van der Waals surface area contributed by atoms with E-state index in [4.69, 9.17) is 9.15 Å². The van der Waals surface area contributed by atoms with Gasteiger partial charge in [-0.1, -0.05) is 0 Å². The van der Waals surface area contributed by atoms with Crippen LogP contribution in [0.3, 0.4) is 0 Å². The van der Waals surface area contributed by atoms with Crippen LogP contribution in [0.4, 0.5) is 0 Å². The van der Waals surface area contributed by atoms with Gasteiger partial charge in [0.2, 0.25) is 0 Å². The molecule has 0 amide bonds. The molecule has 0 bridgehead atoms. The van der Waals surface area contributed by atoms with Crippen molar-refractivity contribution in [2.24, 2.45) is 0 Å². The fraction of sp³-hybridized carbons (Fsp3) is 0.733. The predicted octanol–water partition coefficient (Wildman–Crippen LogP) is 2.14. The number of rotatable bonds is 5. The summed E-state index contributed by atoms with van der Waals surface area (Å²) in [5.74, 6) is 1.09. The monoisotopic (exact) mass is 264 g/mol. The smallest absolute Gasteiger partial charge is 0.122 e. The molecule has 3 rings (SSSR count). The van der Waals surface area contributed by atoms with Crippen molar-refractivity contribution in [1.29, 1.82) is 0 Å². The van der Waals surface area contributed by atoms with Gasteiger partial charge in [0.25, 0.3) is 0 Å². The number of hydrogen-bond donors (Lipinski definition) is 1. The fourth-order valence-electron chi connectivity index (χ4n) is 2.68.